The Morgan fingerprint density at radius 3 is 2.41 bits per heavy atom. The number of nitrogens with zero attached hydrogens (tertiary/aromatic N) is 2. The second-order valence-corrected chi connectivity index (χ2v) is 9.60. The number of benzene rings is 1. The first-order valence-corrected chi connectivity index (χ1v) is 12.2. The highest BCUT2D eigenvalue weighted by atomic mass is 32.1. The van der Waals surface area contributed by atoms with Crippen molar-refractivity contribution in [2.75, 3.05) is 18.4 Å². The van der Waals surface area contributed by atoms with Gasteiger partial charge in [-0.15, -0.1) is 11.3 Å². The molecule has 1 fully saturated rings. The van der Waals surface area contributed by atoms with Gasteiger partial charge in [-0.25, -0.2) is 4.79 Å². The lowest BCUT2D eigenvalue weighted by molar-refractivity contribution is 0.0918. The Kier molecular flexibility index (Phi) is 5.99. The minimum Gasteiger partial charge on any atom is -0.349 e. The van der Waals surface area contributed by atoms with Gasteiger partial charge in [-0.05, 0) is 68.4 Å². The summed E-state index contributed by atoms with van der Waals surface area (Å²) in [6.07, 6.45) is 9.94. The number of amides is 3. The summed E-state index contributed by atoms with van der Waals surface area (Å²) in [4.78, 5) is 29.1. The molecule has 2 aromatic heterocycles. The molecule has 2 aliphatic rings. The van der Waals surface area contributed by atoms with Gasteiger partial charge in [0.05, 0.1) is 5.56 Å². The summed E-state index contributed by atoms with van der Waals surface area (Å²) in [6, 6.07) is 13.5. The van der Waals surface area contributed by atoms with Crippen LogP contribution in [0.3, 0.4) is 0 Å². The summed E-state index contributed by atoms with van der Waals surface area (Å²) in [5.41, 5.74) is 2.89. The maximum atomic E-state index is 13.4. The number of anilines is 1. The van der Waals surface area contributed by atoms with Crippen molar-refractivity contribution in [1.29, 1.82) is 0 Å². The largest absolute Gasteiger partial charge is 0.349 e. The van der Waals surface area contributed by atoms with Crippen molar-refractivity contribution in [2.45, 2.75) is 44.6 Å². The molecule has 3 aromatic rings. The number of carbonyl (C=O) groups excluding carboxylic acids is 2. The number of para-hydroxylation sites is 1. The molecule has 3 heterocycles. The Balaban J connectivity index is 1.24. The van der Waals surface area contributed by atoms with E-state index in [0.29, 0.717) is 13.1 Å². The van der Waals surface area contributed by atoms with Crippen LogP contribution >= 0.6 is 11.3 Å². The fraction of sp³-hybridized carbons (Fsp3) is 0.360. The first-order valence-electron chi connectivity index (χ1n) is 11.4. The van der Waals surface area contributed by atoms with Gasteiger partial charge in [-0.2, -0.15) is 0 Å². The molecule has 1 saturated heterocycles. The maximum absolute atomic E-state index is 13.4. The molecule has 2 N–H and O–H groups in total. The van der Waals surface area contributed by atoms with Crippen LogP contribution < -0.4 is 10.6 Å². The predicted octanol–water partition coefficient (Wildman–Crippen LogP) is 4.84. The molecule has 1 aliphatic carbocycles. The lowest BCUT2D eigenvalue weighted by Crippen LogP contribution is -2.47. The molecule has 0 unspecified atom stereocenters. The van der Waals surface area contributed by atoms with Crippen LogP contribution in [-0.2, 0) is 12.8 Å². The predicted molar refractivity (Wildman–Crippen MR) is 128 cm³/mol. The fourth-order valence-electron chi connectivity index (χ4n) is 4.65. The average Bonchev–Trinajstić information content (AvgIpc) is 3.48. The number of hydrogen-bond acceptors (Lipinski definition) is 3. The molecular weight excluding hydrogens is 420 g/mol. The zero-order valence-corrected chi connectivity index (χ0v) is 18.9. The molecule has 1 aromatic carbocycles. The molecule has 0 radical (unpaired) electrons. The number of urea groups is 1. The molecule has 0 saturated carbocycles. The van der Waals surface area contributed by atoms with E-state index in [9.17, 15) is 9.59 Å². The zero-order valence-electron chi connectivity index (χ0n) is 18.0. The van der Waals surface area contributed by atoms with E-state index >= 15 is 0 Å². The Labute approximate surface area is 192 Å². The summed E-state index contributed by atoms with van der Waals surface area (Å²) >= 11 is 1.76. The van der Waals surface area contributed by atoms with Gasteiger partial charge in [0.2, 0.25) is 0 Å². The van der Waals surface area contributed by atoms with Crippen molar-refractivity contribution < 1.29 is 9.59 Å². The number of likely N-dealkylation sites (tertiary alicyclic amines) is 1. The summed E-state index contributed by atoms with van der Waals surface area (Å²) in [5.74, 6) is 0.0280. The second kappa shape index (κ2) is 9.20. The summed E-state index contributed by atoms with van der Waals surface area (Å²) in [6.45, 7) is 1.27. The number of hydrogen-bond donors (Lipinski definition) is 2. The lowest BCUT2D eigenvalue weighted by Gasteiger charge is -2.32. The van der Waals surface area contributed by atoms with Crippen LogP contribution in [0, 0.1) is 0 Å². The molecule has 0 spiro atoms. The van der Waals surface area contributed by atoms with Gasteiger partial charge < -0.3 is 20.1 Å². The van der Waals surface area contributed by atoms with Crippen LogP contribution in [0.2, 0.25) is 0 Å². The van der Waals surface area contributed by atoms with Crippen molar-refractivity contribution in [3.05, 3.63) is 70.9 Å². The van der Waals surface area contributed by atoms with Gasteiger partial charge in [-0.3, -0.25) is 4.79 Å². The maximum Gasteiger partial charge on any atom is 0.321 e. The fourth-order valence-corrected chi connectivity index (χ4v) is 6.00. The number of rotatable bonds is 4. The van der Waals surface area contributed by atoms with E-state index in [-0.39, 0.29) is 18.0 Å². The Hall–Kier alpha value is -3.06. The van der Waals surface area contributed by atoms with E-state index in [1.165, 1.54) is 16.9 Å². The average molecular weight is 449 g/mol. The van der Waals surface area contributed by atoms with Gasteiger partial charge in [0.25, 0.3) is 5.91 Å². The van der Waals surface area contributed by atoms with Gasteiger partial charge in [0, 0.05) is 42.1 Å². The topological polar surface area (TPSA) is 66.4 Å². The van der Waals surface area contributed by atoms with E-state index in [4.69, 9.17) is 0 Å². The van der Waals surface area contributed by atoms with E-state index in [0.717, 1.165) is 48.4 Å². The third-order valence-electron chi connectivity index (χ3n) is 6.36. The van der Waals surface area contributed by atoms with E-state index in [2.05, 4.69) is 15.2 Å². The smallest absolute Gasteiger partial charge is 0.321 e. The number of aromatic nitrogens is 1. The zero-order chi connectivity index (χ0) is 21.9. The minimum absolute atomic E-state index is 0.0280. The van der Waals surface area contributed by atoms with Crippen LogP contribution in [0.5, 0.6) is 0 Å². The Bertz CT molecular complexity index is 1080. The molecule has 3 amide bonds. The molecule has 5 rings (SSSR count). The molecule has 32 heavy (non-hydrogen) atoms. The van der Waals surface area contributed by atoms with E-state index in [1.54, 1.807) is 11.3 Å². The standard InChI is InChI=1S/C25H28N4O2S/c30-23(22-20-10-4-5-11-21(20)32-24(22)28-14-6-7-15-28)26-19-12-16-29(17-13-19)25(31)27-18-8-2-1-3-9-18/h1-3,6-9,14-15,19H,4-5,10-13,16-17H2,(H,26,30)(H,27,31). The lowest BCUT2D eigenvalue weighted by atomic mass is 9.94. The van der Waals surface area contributed by atoms with Crippen LogP contribution in [0.1, 0.15) is 46.5 Å². The van der Waals surface area contributed by atoms with Crippen molar-refractivity contribution in [3.8, 4) is 5.00 Å². The summed E-state index contributed by atoms with van der Waals surface area (Å²) in [7, 11) is 0. The first-order chi connectivity index (χ1) is 15.7. The third-order valence-corrected chi connectivity index (χ3v) is 7.67. The second-order valence-electron chi connectivity index (χ2n) is 8.51. The highest BCUT2D eigenvalue weighted by molar-refractivity contribution is 7.15. The van der Waals surface area contributed by atoms with Crippen molar-refractivity contribution in [2.24, 2.45) is 0 Å². The first kappa shape index (κ1) is 20.8. The number of aryl methyl sites for hydroxylation is 1. The quantitative estimate of drug-likeness (QED) is 0.600. The summed E-state index contributed by atoms with van der Waals surface area (Å²) < 4.78 is 2.06. The molecule has 1 aliphatic heterocycles. The van der Waals surface area contributed by atoms with Gasteiger partial charge in [0.15, 0.2) is 0 Å². The van der Waals surface area contributed by atoms with E-state index in [1.807, 2.05) is 59.8 Å². The van der Waals surface area contributed by atoms with Crippen LogP contribution in [0.15, 0.2) is 54.9 Å². The van der Waals surface area contributed by atoms with Gasteiger partial charge >= 0.3 is 6.03 Å². The number of piperidine rings is 1. The van der Waals surface area contributed by atoms with Crippen molar-refractivity contribution in [1.82, 2.24) is 14.8 Å². The monoisotopic (exact) mass is 448 g/mol. The summed E-state index contributed by atoms with van der Waals surface area (Å²) in [5, 5.41) is 7.25. The Morgan fingerprint density at radius 2 is 1.66 bits per heavy atom. The van der Waals surface area contributed by atoms with Crippen molar-refractivity contribution in [3.63, 3.8) is 0 Å². The molecule has 166 valence electrons. The normalized spacial score (nSPS) is 16.4. The Morgan fingerprint density at radius 1 is 0.938 bits per heavy atom. The number of nitrogens with one attached hydrogen (secondary N) is 2. The van der Waals surface area contributed by atoms with Crippen LogP contribution in [0.4, 0.5) is 10.5 Å². The van der Waals surface area contributed by atoms with Crippen molar-refractivity contribution >= 4 is 29.0 Å². The molecule has 0 atom stereocenters. The molecule has 7 heteroatoms. The minimum atomic E-state index is -0.0808. The van der Waals surface area contributed by atoms with Crippen LogP contribution in [-0.4, -0.2) is 40.5 Å². The SMILES string of the molecule is O=C(NC1CCN(C(=O)Nc2ccccc2)CC1)c1c(-n2cccc2)sc2c1CCCC2. The number of thiophene rings is 1. The molecular formula is C25H28N4O2S. The van der Waals surface area contributed by atoms with Gasteiger partial charge in [0.1, 0.15) is 5.00 Å². The highest BCUT2D eigenvalue weighted by Gasteiger charge is 2.29. The number of carbonyl (C=O) groups is 2. The van der Waals surface area contributed by atoms with Gasteiger partial charge in [-0.1, -0.05) is 18.2 Å². The number of fused-ring (bicyclic) bond motifs is 1. The van der Waals surface area contributed by atoms with E-state index < -0.39 is 0 Å². The third kappa shape index (κ3) is 4.30. The molecule has 0 bridgehead atoms. The molecule has 6 nitrogen and oxygen atoms in total. The van der Waals surface area contributed by atoms with Crippen LogP contribution in [0.25, 0.3) is 5.00 Å². The highest BCUT2D eigenvalue weighted by Crippen LogP contribution is 2.37.